The highest BCUT2D eigenvalue weighted by Crippen LogP contribution is 2.14. The maximum Gasteiger partial charge on any atom is 0.254 e. The van der Waals surface area contributed by atoms with E-state index in [1.54, 1.807) is 0 Å². The van der Waals surface area contributed by atoms with Gasteiger partial charge in [0.2, 0.25) is 0 Å². The molecule has 5 heteroatoms. The number of benzene rings is 1. The van der Waals surface area contributed by atoms with Crippen LogP contribution in [-0.4, -0.2) is 23.7 Å². The van der Waals surface area contributed by atoms with Gasteiger partial charge in [-0.3, -0.25) is 4.79 Å². The van der Waals surface area contributed by atoms with Crippen molar-refractivity contribution in [1.29, 1.82) is 0 Å². The first-order valence-electron chi connectivity index (χ1n) is 6.28. The second kappa shape index (κ2) is 6.61. The van der Waals surface area contributed by atoms with Crippen LogP contribution in [0.1, 0.15) is 36.2 Å². The Bertz CT molecular complexity index is 463. The summed E-state index contributed by atoms with van der Waals surface area (Å²) >= 11 is 0. The van der Waals surface area contributed by atoms with Crippen LogP contribution in [0.25, 0.3) is 0 Å². The van der Waals surface area contributed by atoms with Crippen molar-refractivity contribution in [2.75, 3.05) is 6.54 Å². The number of hydrogen-bond acceptors (Lipinski definition) is 2. The van der Waals surface area contributed by atoms with Crippen molar-refractivity contribution in [3.05, 3.63) is 34.9 Å². The van der Waals surface area contributed by atoms with Crippen LogP contribution in [0, 0.1) is 24.5 Å². The normalized spacial score (nSPS) is 14.0. The molecule has 0 aliphatic heterocycles. The summed E-state index contributed by atoms with van der Waals surface area (Å²) in [6, 6.07) is 1.85. The lowest BCUT2D eigenvalue weighted by Gasteiger charge is -2.17. The van der Waals surface area contributed by atoms with Gasteiger partial charge in [0.15, 0.2) is 0 Å². The Hall–Kier alpha value is -1.49. The molecule has 2 N–H and O–H groups in total. The minimum atomic E-state index is -0.769. The summed E-state index contributed by atoms with van der Waals surface area (Å²) in [6.07, 6.45) is 0.0668. The van der Waals surface area contributed by atoms with Crippen LogP contribution in [-0.2, 0) is 0 Å². The average Bonchev–Trinajstić information content (AvgIpc) is 2.38. The smallest absolute Gasteiger partial charge is 0.254 e. The van der Waals surface area contributed by atoms with Gasteiger partial charge in [0.05, 0.1) is 11.7 Å². The zero-order valence-corrected chi connectivity index (χ0v) is 11.3. The number of carbonyl (C=O) groups excluding carboxylic acids is 1. The summed E-state index contributed by atoms with van der Waals surface area (Å²) in [5, 5.41) is 12.1. The predicted octanol–water partition coefficient (Wildman–Crippen LogP) is 2.41. The van der Waals surface area contributed by atoms with Crippen LogP contribution in [0.15, 0.2) is 12.1 Å². The Labute approximate surface area is 111 Å². The Morgan fingerprint density at radius 3 is 2.58 bits per heavy atom. The van der Waals surface area contributed by atoms with Crippen LogP contribution in [0.2, 0.25) is 0 Å². The molecule has 1 aromatic carbocycles. The molecular formula is C14H19F2NO2. The molecule has 2 atom stereocenters. The van der Waals surface area contributed by atoms with E-state index in [4.69, 9.17) is 0 Å². The third-order valence-electron chi connectivity index (χ3n) is 3.27. The van der Waals surface area contributed by atoms with Gasteiger partial charge in [-0.25, -0.2) is 8.78 Å². The van der Waals surface area contributed by atoms with Gasteiger partial charge in [0.1, 0.15) is 11.6 Å². The lowest BCUT2D eigenvalue weighted by molar-refractivity contribution is 0.0846. The number of carbonyl (C=O) groups is 1. The van der Waals surface area contributed by atoms with Gasteiger partial charge in [-0.05, 0) is 30.5 Å². The molecule has 1 aromatic rings. The fourth-order valence-electron chi connectivity index (χ4n) is 1.59. The number of halogens is 2. The average molecular weight is 271 g/mol. The Balaban J connectivity index is 2.71. The standard InChI is InChI=1S/C14H19F2NO2/c1-4-8(2)13(18)7-17-14(19)10-6-11(15)9(3)5-12(10)16/h5-6,8,13,18H,4,7H2,1-3H3,(H,17,19). The van der Waals surface area contributed by atoms with Gasteiger partial charge in [-0.2, -0.15) is 0 Å². The second-order valence-corrected chi connectivity index (χ2v) is 4.74. The maximum absolute atomic E-state index is 13.5. The van der Waals surface area contributed by atoms with E-state index in [0.717, 1.165) is 18.6 Å². The van der Waals surface area contributed by atoms with Crippen molar-refractivity contribution in [1.82, 2.24) is 5.32 Å². The highest BCUT2D eigenvalue weighted by Gasteiger charge is 2.17. The van der Waals surface area contributed by atoms with Crippen LogP contribution >= 0.6 is 0 Å². The molecule has 0 heterocycles. The molecule has 3 nitrogen and oxygen atoms in total. The van der Waals surface area contributed by atoms with Crippen LogP contribution in [0.5, 0.6) is 0 Å². The van der Waals surface area contributed by atoms with Crippen molar-refractivity contribution in [2.45, 2.75) is 33.3 Å². The van der Waals surface area contributed by atoms with Gasteiger partial charge in [0, 0.05) is 6.54 Å². The first kappa shape index (κ1) is 15.6. The molecular weight excluding hydrogens is 252 g/mol. The minimum Gasteiger partial charge on any atom is -0.391 e. The van der Waals surface area contributed by atoms with Gasteiger partial charge < -0.3 is 10.4 Å². The highest BCUT2D eigenvalue weighted by atomic mass is 19.1. The molecule has 0 saturated heterocycles. The predicted molar refractivity (Wildman–Crippen MR) is 68.9 cm³/mol. The summed E-state index contributed by atoms with van der Waals surface area (Å²) in [7, 11) is 0. The molecule has 0 aromatic heterocycles. The summed E-state index contributed by atoms with van der Waals surface area (Å²) in [5.41, 5.74) is -0.201. The van der Waals surface area contributed by atoms with E-state index in [-0.39, 0.29) is 23.6 Å². The summed E-state index contributed by atoms with van der Waals surface area (Å²) < 4.78 is 26.8. The summed E-state index contributed by atoms with van der Waals surface area (Å²) in [4.78, 5) is 11.7. The minimum absolute atomic E-state index is 0.0166. The van der Waals surface area contributed by atoms with Crippen LogP contribution < -0.4 is 5.32 Å². The van der Waals surface area contributed by atoms with E-state index in [2.05, 4.69) is 5.32 Å². The van der Waals surface area contributed by atoms with Gasteiger partial charge in [-0.1, -0.05) is 20.3 Å². The summed E-state index contributed by atoms with van der Waals surface area (Å²) in [5.74, 6) is -2.10. The Kier molecular flexibility index (Phi) is 5.42. The first-order chi connectivity index (χ1) is 8.86. The van der Waals surface area contributed by atoms with Gasteiger partial charge in [0.25, 0.3) is 5.91 Å². The molecule has 0 spiro atoms. The van der Waals surface area contributed by atoms with Crippen molar-refractivity contribution in [2.24, 2.45) is 5.92 Å². The van der Waals surface area contributed by atoms with E-state index in [1.165, 1.54) is 6.92 Å². The number of aliphatic hydroxyl groups excluding tert-OH is 1. The van der Waals surface area contributed by atoms with Crippen molar-refractivity contribution >= 4 is 5.91 Å². The number of hydrogen-bond donors (Lipinski definition) is 2. The number of aliphatic hydroxyl groups is 1. The SMILES string of the molecule is CCC(C)C(O)CNC(=O)c1cc(F)c(C)cc1F. The third-order valence-corrected chi connectivity index (χ3v) is 3.27. The zero-order valence-electron chi connectivity index (χ0n) is 11.3. The largest absolute Gasteiger partial charge is 0.391 e. The van der Waals surface area contributed by atoms with Crippen molar-refractivity contribution < 1.29 is 18.7 Å². The lowest BCUT2D eigenvalue weighted by atomic mass is 10.0. The molecule has 0 aliphatic rings. The highest BCUT2D eigenvalue weighted by molar-refractivity contribution is 5.94. The molecule has 2 unspecified atom stereocenters. The fraction of sp³-hybridized carbons (Fsp3) is 0.500. The van der Waals surface area contributed by atoms with E-state index in [9.17, 15) is 18.7 Å². The molecule has 106 valence electrons. The molecule has 0 radical (unpaired) electrons. The fourth-order valence-corrected chi connectivity index (χ4v) is 1.59. The van der Waals surface area contributed by atoms with Crippen molar-refractivity contribution in [3.63, 3.8) is 0 Å². The number of aryl methyl sites for hydroxylation is 1. The third kappa shape index (κ3) is 3.99. The van der Waals surface area contributed by atoms with Crippen molar-refractivity contribution in [3.8, 4) is 0 Å². The molecule has 0 bridgehead atoms. The number of amides is 1. The Morgan fingerprint density at radius 2 is 2.00 bits per heavy atom. The first-order valence-corrected chi connectivity index (χ1v) is 6.28. The van der Waals surface area contributed by atoms with E-state index >= 15 is 0 Å². The number of nitrogens with one attached hydrogen (secondary N) is 1. The van der Waals surface area contributed by atoms with E-state index < -0.39 is 23.6 Å². The van der Waals surface area contributed by atoms with Crippen LogP contribution in [0.3, 0.4) is 0 Å². The van der Waals surface area contributed by atoms with Gasteiger partial charge in [-0.15, -0.1) is 0 Å². The monoisotopic (exact) mass is 271 g/mol. The van der Waals surface area contributed by atoms with E-state index in [1.807, 2.05) is 13.8 Å². The van der Waals surface area contributed by atoms with E-state index in [0.29, 0.717) is 0 Å². The van der Waals surface area contributed by atoms with Crippen LogP contribution in [0.4, 0.5) is 8.78 Å². The molecule has 0 aliphatic carbocycles. The quantitative estimate of drug-likeness (QED) is 0.864. The lowest BCUT2D eigenvalue weighted by Crippen LogP contribution is -2.35. The Morgan fingerprint density at radius 1 is 1.37 bits per heavy atom. The topological polar surface area (TPSA) is 49.3 Å². The number of rotatable bonds is 5. The molecule has 19 heavy (non-hydrogen) atoms. The molecule has 1 rings (SSSR count). The zero-order chi connectivity index (χ0) is 14.6. The summed E-state index contributed by atoms with van der Waals surface area (Å²) in [6.45, 7) is 5.21. The molecule has 1 amide bonds. The second-order valence-electron chi connectivity index (χ2n) is 4.74. The maximum atomic E-state index is 13.5. The molecule has 0 fully saturated rings. The molecule has 0 saturated carbocycles. The van der Waals surface area contributed by atoms with Gasteiger partial charge >= 0.3 is 0 Å².